The number of benzene rings is 4. The number of anilines is 1. The van der Waals surface area contributed by atoms with Gasteiger partial charge in [0.05, 0.1) is 10.6 Å². The summed E-state index contributed by atoms with van der Waals surface area (Å²) < 4.78 is 30.3. The first kappa shape index (κ1) is 33.9. The molecule has 0 saturated carbocycles. The van der Waals surface area contributed by atoms with Crippen molar-refractivity contribution in [2.45, 2.75) is 51.6 Å². The van der Waals surface area contributed by atoms with E-state index in [0.717, 1.165) is 31.0 Å². The Balaban J connectivity index is 1.80. The maximum atomic E-state index is 14.5. The number of carbonyl (C=O) groups excluding carboxylic acids is 2. The average molecular weight is 691 g/mol. The molecule has 9 heteroatoms. The van der Waals surface area contributed by atoms with E-state index in [1.807, 2.05) is 88.4 Å². The van der Waals surface area contributed by atoms with E-state index in [2.05, 4.69) is 21.2 Å². The summed E-state index contributed by atoms with van der Waals surface area (Å²) in [5.41, 5.74) is 3.83. The molecule has 4 rings (SSSR count). The molecular weight excluding hydrogens is 650 g/mol. The lowest BCUT2D eigenvalue weighted by Gasteiger charge is -2.34. The molecule has 2 amide bonds. The molecule has 1 N–H and O–H groups in total. The van der Waals surface area contributed by atoms with Crippen molar-refractivity contribution >= 4 is 43.5 Å². The van der Waals surface area contributed by atoms with Crippen LogP contribution in [-0.4, -0.2) is 44.3 Å². The van der Waals surface area contributed by atoms with E-state index >= 15 is 0 Å². The Hall–Kier alpha value is -3.95. The number of hydrogen-bond donors (Lipinski definition) is 1. The van der Waals surface area contributed by atoms with Gasteiger partial charge in [-0.05, 0) is 72.9 Å². The molecule has 0 radical (unpaired) electrons. The molecule has 0 bridgehead atoms. The second-order valence-electron chi connectivity index (χ2n) is 11.7. The fraction of sp³-hybridized carbons (Fsp3) is 0.278. The van der Waals surface area contributed by atoms with Gasteiger partial charge in [0.2, 0.25) is 11.8 Å². The number of sulfonamides is 1. The van der Waals surface area contributed by atoms with Gasteiger partial charge in [-0.1, -0.05) is 102 Å². The highest BCUT2D eigenvalue weighted by atomic mass is 79.9. The van der Waals surface area contributed by atoms with Crippen LogP contribution in [0.3, 0.4) is 0 Å². The minimum Gasteiger partial charge on any atom is -0.354 e. The van der Waals surface area contributed by atoms with Crippen LogP contribution in [-0.2, 0) is 32.6 Å². The predicted octanol–water partition coefficient (Wildman–Crippen LogP) is 6.67. The molecule has 4 aromatic carbocycles. The third-order valence-electron chi connectivity index (χ3n) is 7.38. The molecule has 0 aliphatic heterocycles. The standard InChI is InChI=1S/C36H40BrN3O4S/c1-26(2)23-38-36(42)34(22-29-11-6-5-7-12-29)39(24-30-13-9-14-31(37)21-30)35(41)25-40(32-15-8-10-28(4)20-32)45(43,44)33-18-16-27(3)17-19-33/h5-21,26,34H,22-25H2,1-4H3,(H,38,42). The highest BCUT2D eigenvalue weighted by molar-refractivity contribution is 9.10. The Morgan fingerprint density at radius 2 is 1.47 bits per heavy atom. The monoisotopic (exact) mass is 689 g/mol. The SMILES string of the molecule is Cc1ccc(S(=O)(=O)N(CC(=O)N(Cc2cccc(Br)c2)C(Cc2ccccc2)C(=O)NCC(C)C)c2cccc(C)c2)cc1. The minimum atomic E-state index is -4.14. The van der Waals surface area contributed by atoms with Crippen LogP contribution in [0.2, 0.25) is 0 Å². The van der Waals surface area contributed by atoms with E-state index in [4.69, 9.17) is 0 Å². The van der Waals surface area contributed by atoms with Crippen LogP contribution in [0.4, 0.5) is 5.69 Å². The summed E-state index contributed by atoms with van der Waals surface area (Å²) in [4.78, 5) is 30.0. The smallest absolute Gasteiger partial charge is 0.264 e. The Labute approximate surface area is 275 Å². The van der Waals surface area contributed by atoms with Crippen LogP contribution in [0.25, 0.3) is 0 Å². The lowest BCUT2D eigenvalue weighted by atomic mass is 10.0. The number of halogens is 1. The van der Waals surface area contributed by atoms with E-state index in [-0.39, 0.29) is 29.7 Å². The van der Waals surface area contributed by atoms with E-state index in [1.165, 1.54) is 4.90 Å². The van der Waals surface area contributed by atoms with Crippen LogP contribution in [0.5, 0.6) is 0 Å². The molecule has 1 unspecified atom stereocenters. The van der Waals surface area contributed by atoms with Crippen LogP contribution in [0.15, 0.2) is 112 Å². The van der Waals surface area contributed by atoms with E-state index < -0.39 is 28.5 Å². The zero-order chi connectivity index (χ0) is 32.6. The van der Waals surface area contributed by atoms with Gasteiger partial charge in [-0.15, -0.1) is 0 Å². The van der Waals surface area contributed by atoms with Crippen molar-refractivity contribution in [3.63, 3.8) is 0 Å². The zero-order valence-electron chi connectivity index (χ0n) is 26.1. The van der Waals surface area contributed by atoms with E-state index in [0.29, 0.717) is 12.2 Å². The summed E-state index contributed by atoms with van der Waals surface area (Å²) >= 11 is 3.51. The summed E-state index contributed by atoms with van der Waals surface area (Å²) in [6.07, 6.45) is 0.264. The van der Waals surface area contributed by atoms with Gasteiger partial charge >= 0.3 is 0 Å². The summed E-state index contributed by atoms with van der Waals surface area (Å²) in [5.74, 6) is -0.579. The lowest BCUT2D eigenvalue weighted by Crippen LogP contribution is -2.53. The maximum Gasteiger partial charge on any atom is 0.264 e. The fourth-order valence-electron chi connectivity index (χ4n) is 4.96. The molecule has 0 spiro atoms. The number of amides is 2. The van der Waals surface area contributed by atoms with Gasteiger partial charge < -0.3 is 10.2 Å². The average Bonchev–Trinajstić information content (AvgIpc) is 3.01. The molecule has 4 aromatic rings. The first-order valence-corrected chi connectivity index (χ1v) is 17.2. The van der Waals surface area contributed by atoms with Crippen molar-refractivity contribution in [1.29, 1.82) is 0 Å². The van der Waals surface area contributed by atoms with Gasteiger partial charge in [0.25, 0.3) is 10.0 Å². The molecule has 0 saturated heterocycles. The third-order valence-corrected chi connectivity index (χ3v) is 9.66. The van der Waals surface area contributed by atoms with Crippen molar-refractivity contribution in [3.05, 3.63) is 130 Å². The minimum absolute atomic E-state index is 0.0801. The van der Waals surface area contributed by atoms with Gasteiger partial charge in [-0.25, -0.2) is 8.42 Å². The molecule has 0 aromatic heterocycles. The Kier molecular flexibility index (Phi) is 11.6. The summed E-state index contributed by atoms with van der Waals surface area (Å²) in [6, 6.07) is 29.8. The van der Waals surface area contributed by atoms with E-state index in [1.54, 1.807) is 42.5 Å². The highest BCUT2D eigenvalue weighted by Crippen LogP contribution is 2.26. The number of hydrogen-bond acceptors (Lipinski definition) is 4. The molecule has 7 nitrogen and oxygen atoms in total. The third kappa shape index (κ3) is 9.28. The molecule has 0 aliphatic rings. The Bertz CT molecular complexity index is 1710. The molecule has 1 atom stereocenters. The highest BCUT2D eigenvalue weighted by Gasteiger charge is 2.34. The summed E-state index contributed by atoms with van der Waals surface area (Å²) in [5, 5.41) is 3.01. The van der Waals surface area contributed by atoms with Gasteiger partial charge in [0.15, 0.2) is 0 Å². The van der Waals surface area contributed by atoms with Crippen molar-refractivity contribution in [3.8, 4) is 0 Å². The molecule has 45 heavy (non-hydrogen) atoms. The van der Waals surface area contributed by atoms with Crippen molar-refractivity contribution < 1.29 is 18.0 Å². The van der Waals surface area contributed by atoms with Gasteiger partial charge in [0, 0.05) is 24.0 Å². The summed E-state index contributed by atoms with van der Waals surface area (Å²) in [6.45, 7) is 7.83. The second kappa shape index (κ2) is 15.4. The van der Waals surface area contributed by atoms with Crippen molar-refractivity contribution in [2.24, 2.45) is 5.92 Å². The van der Waals surface area contributed by atoms with Crippen LogP contribution in [0, 0.1) is 19.8 Å². The van der Waals surface area contributed by atoms with E-state index in [9.17, 15) is 18.0 Å². The van der Waals surface area contributed by atoms with Crippen molar-refractivity contribution in [1.82, 2.24) is 10.2 Å². The maximum absolute atomic E-state index is 14.5. The molecule has 236 valence electrons. The number of rotatable bonds is 13. The molecule has 0 heterocycles. The molecule has 0 aliphatic carbocycles. The predicted molar refractivity (Wildman–Crippen MR) is 183 cm³/mol. The number of nitrogens with one attached hydrogen (secondary N) is 1. The van der Waals surface area contributed by atoms with Crippen molar-refractivity contribution in [2.75, 3.05) is 17.4 Å². The largest absolute Gasteiger partial charge is 0.354 e. The topological polar surface area (TPSA) is 86.8 Å². The first-order chi connectivity index (χ1) is 21.4. The second-order valence-corrected chi connectivity index (χ2v) is 14.4. The fourth-order valence-corrected chi connectivity index (χ4v) is 6.81. The van der Waals surface area contributed by atoms with Crippen LogP contribution >= 0.6 is 15.9 Å². The Morgan fingerprint density at radius 1 is 0.800 bits per heavy atom. The van der Waals surface area contributed by atoms with Gasteiger partial charge in [-0.2, -0.15) is 0 Å². The van der Waals surface area contributed by atoms with Gasteiger partial charge in [0.1, 0.15) is 12.6 Å². The van der Waals surface area contributed by atoms with Crippen LogP contribution < -0.4 is 9.62 Å². The quantitative estimate of drug-likeness (QED) is 0.170. The normalized spacial score (nSPS) is 12.0. The number of carbonyl (C=O) groups is 2. The summed E-state index contributed by atoms with van der Waals surface area (Å²) in [7, 11) is -4.14. The number of aryl methyl sites for hydroxylation is 2. The van der Waals surface area contributed by atoms with Crippen LogP contribution in [0.1, 0.15) is 36.1 Å². The zero-order valence-corrected chi connectivity index (χ0v) is 28.5. The lowest BCUT2D eigenvalue weighted by molar-refractivity contribution is -0.140. The molecular formula is C36H40BrN3O4S. The Morgan fingerprint density at radius 3 is 2.11 bits per heavy atom. The first-order valence-electron chi connectivity index (χ1n) is 15.0. The van der Waals surface area contributed by atoms with Gasteiger partial charge in [-0.3, -0.25) is 13.9 Å². The molecule has 0 fully saturated rings. The number of nitrogens with zero attached hydrogens (tertiary/aromatic N) is 2.